The van der Waals surface area contributed by atoms with Crippen LogP contribution in [0, 0.1) is 0 Å². The van der Waals surface area contributed by atoms with Crippen LogP contribution in [0.3, 0.4) is 0 Å². The summed E-state index contributed by atoms with van der Waals surface area (Å²) in [6.07, 6.45) is 3.78. The van der Waals surface area contributed by atoms with Crippen LogP contribution in [0.25, 0.3) is 0 Å². The van der Waals surface area contributed by atoms with Crippen LogP contribution in [0.2, 0.25) is 0 Å². The van der Waals surface area contributed by atoms with Gasteiger partial charge in [0.25, 0.3) is 10.0 Å². The van der Waals surface area contributed by atoms with Crippen LogP contribution < -0.4 is 23.8 Å². The molecule has 12 nitrogen and oxygen atoms in total. The first-order valence-corrected chi connectivity index (χ1v) is 13.5. The maximum absolute atomic E-state index is 12.6. The highest BCUT2D eigenvalue weighted by atomic mass is 32.2. The van der Waals surface area contributed by atoms with Gasteiger partial charge in [0.2, 0.25) is 21.9 Å². The second-order valence-electron chi connectivity index (χ2n) is 7.35. The molecule has 1 amide bonds. The average Bonchev–Trinajstić information content (AvgIpc) is 2.82. The Bertz CT molecular complexity index is 1430. The Balaban J connectivity index is 1.46. The number of nitrogens with zero attached hydrogens (tertiary/aromatic N) is 3. The van der Waals surface area contributed by atoms with Gasteiger partial charge in [-0.1, -0.05) is 0 Å². The number of carbonyl (C=O) groups is 1. The van der Waals surface area contributed by atoms with Gasteiger partial charge in [0.05, 0.1) is 16.8 Å². The Kier molecular flexibility index (Phi) is 6.75. The van der Waals surface area contributed by atoms with Gasteiger partial charge in [-0.15, -0.1) is 0 Å². The van der Waals surface area contributed by atoms with E-state index in [0.717, 1.165) is 10.6 Å². The molecule has 0 saturated heterocycles. The minimum atomic E-state index is -3.94. The molecule has 0 aliphatic carbocycles. The number of amides is 1. The van der Waals surface area contributed by atoms with Gasteiger partial charge in [-0.05, 0) is 42.5 Å². The van der Waals surface area contributed by atoms with Crippen molar-refractivity contribution >= 4 is 43.3 Å². The van der Waals surface area contributed by atoms with Gasteiger partial charge in [-0.2, -0.15) is 0 Å². The van der Waals surface area contributed by atoms with Crippen molar-refractivity contribution in [1.82, 2.24) is 9.97 Å². The fourth-order valence-electron chi connectivity index (χ4n) is 3.17. The Labute approximate surface area is 202 Å². The first-order chi connectivity index (χ1) is 16.6. The Hall–Kier alpha value is -3.91. The van der Waals surface area contributed by atoms with Crippen LogP contribution in [0.15, 0.2) is 65.8 Å². The van der Waals surface area contributed by atoms with Crippen molar-refractivity contribution in [2.24, 2.45) is 0 Å². The summed E-state index contributed by atoms with van der Waals surface area (Å²) in [5.74, 6) is 0.164. The van der Waals surface area contributed by atoms with Gasteiger partial charge in [-0.25, -0.2) is 31.5 Å². The van der Waals surface area contributed by atoms with E-state index >= 15 is 0 Å². The van der Waals surface area contributed by atoms with Gasteiger partial charge < -0.3 is 14.8 Å². The molecule has 0 atom stereocenters. The summed E-state index contributed by atoms with van der Waals surface area (Å²) in [6.45, 7) is 0.210. The highest BCUT2D eigenvalue weighted by Crippen LogP contribution is 2.34. The van der Waals surface area contributed by atoms with Gasteiger partial charge in [0, 0.05) is 24.1 Å². The number of carbonyl (C=O) groups excluding carboxylic acids is 1. The molecule has 0 unspecified atom stereocenters. The summed E-state index contributed by atoms with van der Waals surface area (Å²) in [5, 5.41) is 2.56. The molecule has 1 aromatic heterocycles. The van der Waals surface area contributed by atoms with Crippen molar-refractivity contribution in [3.8, 4) is 11.5 Å². The third kappa shape index (κ3) is 5.96. The summed E-state index contributed by atoms with van der Waals surface area (Å²) in [5.41, 5.74) is 0.517. The molecule has 0 spiro atoms. The number of hydrogen-bond donors (Lipinski definition) is 2. The number of fused-ring (bicyclic) bond motifs is 1. The van der Waals surface area contributed by atoms with Gasteiger partial charge >= 0.3 is 0 Å². The zero-order valence-electron chi connectivity index (χ0n) is 18.4. The Morgan fingerprint density at radius 3 is 2.29 bits per heavy atom. The van der Waals surface area contributed by atoms with E-state index in [0.29, 0.717) is 24.7 Å². The van der Waals surface area contributed by atoms with E-state index in [9.17, 15) is 21.6 Å². The van der Waals surface area contributed by atoms with Crippen molar-refractivity contribution in [2.75, 3.05) is 40.4 Å². The van der Waals surface area contributed by atoms with Crippen LogP contribution in [0.4, 0.5) is 17.3 Å². The average molecular weight is 520 g/mol. The van der Waals surface area contributed by atoms with E-state index in [1.165, 1.54) is 48.8 Å². The second-order valence-corrected chi connectivity index (χ2v) is 10.9. The molecule has 35 heavy (non-hydrogen) atoms. The van der Waals surface area contributed by atoms with Crippen molar-refractivity contribution in [2.45, 2.75) is 4.90 Å². The molecule has 184 valence electrons. The van der Waals surface area contributed by atoms with Crippen molar-refractivity contribution in [3.05, 3.63) is 60.9 Å². The summed E-state index contributed by atoms with van der Waals surface area (Å²) < 4.78 is 63.8. The number of benzene rings is 2. The van der Waals surface area contributed by atoms with Crippen LogP contribution in [-0.2, 0) is 24.8 Å². The zero-order chi connectivity index (χ0) is 25.1. The second kappa shape index (κ2) is 9.76. The predicted octanol–water partition coefficient (Wildman–Crippen LogP) is 1.45. The molecule has 3 aromatic rings. The predicted molar refractivity (Wildman–Crippen MR) is 128 cm³/mol. The number of nitrogens with one attached hydrogen (secondary N) is 2. The largest absolute Gasteiger partial charge is 0.486 e. The Morgan fingerprint density at radius 1 is 0.971 bits per heavy atom. The van der Waals surface area contributed by atoms with Crippen molar-refractivity contribution in [1.29, 1.82) is 0 Å². The molecule has 2 aromatic carbocycles. The number of anilines is 3. The molecule has 4 rings (SSSR count). The molecule has 1 aliphatic rings. The first kappa shape index (κ1) is 24.2. The maximum Gasteiger partial charge on any atom is 0.264 e. The smallest absolute Gasteiger partial charge is 0.264 e. The van der Waals surface area contributed by atoms with E-state index in [-0.39, 0.29) is 22.2 Å². The van der Waals surface area contributed by atoms with E-state index in [2.05, 4.69) is 20.0 Å². The molecule has 0 bridgehead atoms. The summed E-state index contributed by atoms with van der Waals surface area (Å²) in [7, 11) is -7.75. The fourth-order valence-corrected chi connectivity index (χ4v) is 4.97. The number of sulfonamides is 2. The monoisotopic (exact) mass is 519 g/mol. The highest BCUT2D eigenvalue weighted by Gasteiger charge is 2.23. The first-order valence-electron chi connectivity index (χ1n) is 10.2. The minimum Gasteiger partial charge on any atom is -0.486 e. The van der Waals surface area contributed by atoms with Crippen molar-refractivity contribution < 1.29 is 31.1 Å². The SMILES string of the molecule is CS(=O)(=O)N(CC(=O)Nc1ccc(S(=O)(=O)Nc2ncccn2)cc1)c1ccc2c(c1)OCCO2. The van der Waals surface area contributed by atoms with Crippen molar-refractivity contribution in [3.63, 3.8) is 0 Å². The maximum atomic E-state index is 12.6. The van der Waals surface area contributed by atoms with Gasteiger partial charge in [-0.3, -0.25) is 9.10 Å². The topological polar surface area (TPSA) is 157 Å². The third-order valence-electron chi connectivity index (χ3n) is 4.74. The molecule has 0 fully saturated rings. The number of hydrogen-bond acceptors (Lipinski definition) is 9. The fraction of sp³-hybridized carbons (Fsp3) is 0.190. The normalized spacial score (nSPS) is 13.1. The Morgan fingerprint density at radius 2 is 1.63 bits per heavy atom. The molecule has 0 radical (unpaired) electrons. The number of ether oxygens (including phenoxy) is 2. The lowest BCUT2D eigenvalue weighted by molar-refractivity contribution is -0.114. The molecule has 2 N–H and O–H groups in total. The van der Waals surface area contributed by atoms with E-state index in [1.54, 1.807) is 12.1 Å². The lowest BCUT2D eigenvalue weighted by Crippen LogP contribution is -2.37. The minimum absolute atomic E-state index is 0.0722. The summed E-state index contributed by atoms with van der Waals surface area (Å²) >= 11 is 0. The molecule has 14 heteroatoms. The highest BCUT2D eigenvalue weighted by molar-refractivity contribution is 7.92. The summed E-state index contributed by atoms with van der Waals surface area (Å²) in [6, 6.07) is 11.5. The van der Waals surface area contributed by atoms with Crippen LogP contribution in [0.1, 0.15) is 0 Å². The van der Waals surface area contributed by atoms with E-state index in [4.69, 9.17) is 9.47 Å². The van der Waals surface area contributed by atoms with E-state index < -0.39 is 32.5 Å². The standard InChI is InChI=1S/C21H21N5O7S2/c1-34(28,29)26(16-5-8-18-19(13-16)33-12-11-32-18)14-20(27)24-15-3-6-17(7-4-15)35(30,31)25-21-22-9-2-10-23-21/h2-10,13H,11-12,14H2,1H3,(H,24,27)(H,22,23,25). The third-order valence-corrected chi connectivity index (χ3v) is 7.23. The van der Waals surface area contributed by atoms with E-state index in [1.807, 2.05) is 0 Å². The summed E-state index contributed by atoms with van der Waals surface area (Å²) in [4.78, 5) is 20.2. The lowest BCUT2D eigenvalue weighted by Gasteiger charge is -2.24. The molecular weight excluding hydrogens is 498 g/mol. The molecule has 1 aliphatic heterocycles. The lowest BCUT2D eigenvalue weighted by atomic mass is 10.2. The van der Waals surface area contributed by atoms with Crippen LogP contribution in [-0.4, -0.2) is 58.7 Å². The quantitative estimate of drug-likeness (QED) is 0.449. The zero-order valence-corrected chi connectivity index (χ0v) is 20.0. The number of aromatic nitrogens is 2. The molecular formula is C21H21N5O7S2. The van der Waals surface area contributed by atoms with Gasteiger partial charge in [0.15, 0.2) is 11.5 Å². The van der Waals surface area contributed by atoms with Gasteiger partial charge in [0.1, 0.15) is 19.8 Å². The van der Waals surface area contributed by atoms with Crippen LogP contribution >= 0.6 is 0 Å². The molecule has 2 heterocycles. The van der Waals surface area contributed by atoms with Crippen LogP contribution in [0.5, 0.6) is 11.5 Å². The number of rotatable bonds is 8. The molecule has 0 saturated carbocycles.